The quantitative estimate of drug-likeness (QED) is 0.744. The number of rotatable bonds is 6. The molecule has 0 aromatic carbocycles. The van der Waals surface area contributed by atoms with Crippen LogP contribution < -0.4 is 5.32 Å². The number of nitrogens with one attached hydrogen (secondary N) is 1. The zero-order valence-electron chi connectivity index (χ0n) is 12.7. The van der Waals surface area contributed by atoms with Crippen LogP contribution >= 0.6 is 0 Å². The summed E-state index contributed by atoms with van der Waals surface area (Å²) >= 11 is 0. The number of carbonyl (C=O) groups excluding carboxylic acids is 1. The van der Waals surface area contributed by atoms with Gasteiger partial charge in [-0.05, 0) is 45.2 Å². The van der Waals surface area contributed by atoms with E-state index in [0.29, 0.717) is 12.8 Å². The molecule has 1 rings (SSSR count). The van der Waals surface area contributed by atoms with Crippen molar-refractivity contribution in [1.29, 1.82) is 0 Å². The van der Waals surface area contributed by atoms with E-state index in [1.165, 1.54) is 0 Å². The summed E-state index contributed by atoms with van der Waals surface area (Å²) in [7, 11) is 0. The molecule has 0 bridgehead atoms. The maximum absolute atomic E-state index is 11.9. The maximum Gasteiger partial charge on any atom is 0.408 e. The molecular weight excluding hydrogens is 272 g/mol. The van der Waals surface area contributed by atoms with Crippen molar-refractivity contribution in [3.8, 4) is 0 Å². The second kappa shape index (κ2) is 7.95. The first-order chi connectivity index (χ1) is 9.81. The number of carbonyl (C=O) groups is 1. The lowest BCUT2D eigenvalue weighted by atomic mass is 10.0. The summed E-state index contributed by atoms with van der Waals surface area (Å²) in [6.45, 7) is 5.08. The lowest BCUT2D eigenvalue weighted by Crippen LogP contribution is -2.35. The van der Waals surface area contributed by atoms with E-state index in [1.807, 2.05) is 6.07 Å². The van der Waals surface area contributed by atoms with Crippen molar-refractivity contribution in [2.24, 2.45) is 0 Å². The Balaban J connectivity index is 2.71. The topological polar surface area (TPSA) is 91.7 Å². The van der Waals surface area contributed by atoms with Gasteiger partial charge < -0.3 is 20.3 Å². The summed E-state index contributed by atoms with van der Waals surface area (Å²) in [5.74, 6) is 0. The number of aliphatic hydroxyl groups excluding tert-OH is 2. The molecule has 1 aromatic heterocycles. The minimum atomic E-state index is -0.801. The summed E-state index contributed by atoms with van der Waals surface area (Å²) in [6, 6.07) is 3.30. The third kappa shape index (κ3) is 7.06. The van der Waals surface area contributed by atoms with E-state index < -0.39 is 17.8 Å². The minimum Gasteiger partial charge on any atom is -0.444 e. The van der Waals surface area contributed by atoms with Crippen molar-refractivity contribution in [3.05, 3.63) is 30.1 Å². The molecule has 0 aliphatic rings. The van der Waals surface area contributed by atoms with Gasteiger partial charge in [0.15, 0.2) is 0 Å². The van der Waals surface area contributed by atoms with Crippen LogP contribution in [0, 0.1) is 0 Å². The molecule has 0 aliphatic carbocycles. The van der Waals surface area contributed by atoms with E-state index in [4.69, 9.17) is 9.84 Å². The van der Waals surface area contributed by atoms with Crippen LogP contribution in [-0.4, -0.2) is 39.6 Å². The van der Waals surface area contributed by atoms with E-state index in [0.717, 1.165) is 5.56 Å². The van der Waals surface area contributed by atoms with Gasteiger partial charge in [-0.2, -0.15) is 0 Å². The fourth-order valence-corrected chi connectivity index (χ4v) is 1.80. The Kier molecular flexibility index (Phi) is 6.58. The zero-order chi connectivity index (χ0) is 15.9. The molecule has 3 N–H and O–H groups in total. The fraction of sp³-hybridized carbons (Fsp3) is 0.600. The second-order valence-electron chi connectivity index (χ2n) is 5.90. The summed E-state index contributed by atoms with van der Waals surface area (Å²) in [6.07, 6.45) is 2.84. The molecule has 6 heteroatoms. The van der Waals surface area contributed by atoms with Gasteiger partial charge in [0.25, 0.3) is 0 Å². The van der Waals surface area contributed by atoms with E-state index in [-0.39, 0.29) is 12.6 Å². The Hall–Kier alpha value is -1.66. The first kappa shape index (κ1) is 17.4. The molecule has 21 heavy (non-hydrogen) atoms. The van der Waals surface area contributed by atoms with Gasteiger partial charge in [-0.1, -0.05) is 6.07 Å². The molecule has 2 unspecified atom stereocenters. The number of ether oxygens (including phenoxy) is 1. The Labute approximate surface area is 125 Å². The van der Waals surface area contributed by atoms with Crippen LogP contribution in [0.15, 0.2) is 24.5 Å². The Morgan fingerprint density at radius 2 is 2.14 bits per heavy atom. The molecule has 1 aromatic rings. The van der Waals surface area contributed by atoms with Crippen molar-refractivity contribution in [2.45, 2.75) is 51.4 Å². The number of amides is 1. The highest BCUT2D eigenvalue weighted by molar-refractivity contribution is 5.68. The standard InChI is InChI=1S/C15H24N2O4/c1-15(2,3)21-14(20)17-13(7-6-12(19)10-18)11-5-4-8-16-9-11/h4-5,8-9,12-13,18-19H,6-7,10H2,1-3H3,(H,17,20). The molecule has 0 spiro atoms. The SMILES string of the molecule is CC(C)(C)OC(=O)NC(CCC(O)CO)c1cccnc1. The van der Waals surface area contributed by atoms with Crippen LogP contribution in [0.2, 0.25) is 0 Å². The molecule has 1 amide bonds. The summed E-state index contributed by atoms with van der Waals surface area (Å²) in [4.78, 5) is 15.9. The average molecular weight is 296 g/mol. The van der Waals surface area contributed by atoms with Crippen LogP contribution in [-0.2, 0) is 4.74 Å². The molecular formula is C15H24N2O4. The van der Waals surface area contributed by atoms with Crippen LogP contribution in [0.25, 0.3) is 0 Å². The highest BCUT2D eigenvalue weighted by atomic mass is 16.6. The molecule has 118 valence electrons. The van der Waals surface area contributed by atoms with Gasteiger partial charge in [-0.3, -0.25) is 4.98 Å². The summed E-state index contributed by atoms with van der Waals surface area (Å²) < 4.78 is 5.24. The van der Waals surface area contributed by atoms with Crippen molar-refractivity contribution in [1.82, 2.24) is 10.3 Å². The van der Waals surface area contributed by atoms with Crippen LogP contribution in [0.3, 0.4) is 0 Å². The van der Waals surface area contributed by atoms with Crippen molar-refractivity contribution in [2.75, 3.05) is 6.61 Å². The fourth-order valence-electron chi connectivity index (χ4n) is 1.80. The molecule has 0 fully saturated rings. The monoisotopic (exact) mass is 296 g/mol. The predicted octanol–water partition coefficient (Wildman–Crippen LogP) is 1.78. The number of aliphatic hydroxyl groups is 2. The number of alkyl carbamates (subject to hydrolysis) is 1. The Morgan fingerprint density at radius 1 is 1.43 bits per heavy atom. The molecule has 0 saturated carbocycles. The highest BCUT2D eigenvalue weighted by Gasteiger charge is 2.21. The van der Waals surface area contributed by atoms with Gasteiger partial charge in [-0.25, -0.2) is 4.79 Å². The Bertz CT molecular complexity index is 431. The normalized spacial score (nSPS) is 14.3. The summed E-state index contributed by atoms with van der Waals surface area (Å²) in [5, 5.41) is 21.1. The number of pyridine rings is 1. The largest absolute Gasteiger partial charge is 0.444 e. The summed E-state index contributed by atoms with van der Waals surface area (Å²) in [5.41, 5.74) is 0.252. The van der Waals surface area contributed by atoms with Gasteiger partial charge in [-0.15, -0.1) is 0 Å². The molecule has 0 saturated heterocycles. The first-order valence-electron chi connectivity index (χ1n) is 7.00. The van der Waals surface area contributed by atoms with Gasteiger partial charge in [0.1, 0.15) is 5.60 Å². The van der Waals surface area contributed by atoms with Crippen LogP contribution in [0.4, 0.5) is 4.79 Å². The molecule has 0 radical (unpaired) electrons. The third-order valence-corrected chi connectivity index (χ3v) is 2.78. The molecule has 1 heterocycles. The number of nitrogens with zero attached hydrogens (tertiary/aromatic N) is 1. The first-order valence-corrected chi connectivity index (χ1v) is 7.00. The smallest absolute Gasteiger partial charge is 0.408 e. The van der Waals surface area contributed by atoms with Gasteiger partial charge in [0.05, 0.1) is 18.8 Å². The predicted molar refractivity (Wildman–Crippen MR) is 78.7 cm³/mol. The zero-order valence-corrected chi connectivity index (χ0v) is 12.7. The van der Waals surface area contributed by atoms with Gasteiger partial charge in [0, 0.05) is 12.4 Å². The lowest BCUT2D eigenvalue weighted by Gasteiger charge is -2.24. The average Bonchev–Trinajstić information content (AvgIpc) is 2.42. The number of hydrogen-bond donors (Lipinski definition) is 3. The van der Waals surface area contributed by atoms with E-state index in [1.54, 1.807) is 39.2 Å². The lowest BCUT2D eigenvalue weighted by molar-refractivity contribution is 0.0484. The van der Waals surface area contributed by atoms with Gasteiger partial charge in [0.2, 0.25) is 0 Å². The molecule has 2 atom stereocenters. The third-order valence-electron chi connectivity index (χ3n) is 2.78. The Morgan fingerprint density at radius 3 is 2.67 bits per heavy atom. The van der Waals surface area contributed by atoms with Crippen LogP contribution in [0.1, 0.15) is 45.2 Å². The van der Waals surface area contributed by atoms with Gasteiger partial charge >= 0.3 is 6.09 Å². The highest BCUT2D eigenvalue weighted by Crippen LogP contribution is 2.19. The molecule has 0 aliphatic heterocycles. The molecule has 6 nitrogen and oxygen atoms in total. The second-order valence-corrected chi connectivity index (χ2v) is 5.90. The number of hydrogen-bond acceptors (Lipinski definition) is 5. The van der Waals surface area contributed by atoms with Crippen molar-refractivity contribution >= 4 is 6.09 Å². The van der Waals surface area contributed by atoms with Crippen LogP contribution in [0.5, 0.6) is 0 Å². The van der Waals surface area contributed by atoms with Crippen molar-refractivity contribution < 1.29 is 19.7 Å². The van der Waals surface area contributed by atoms with Crippen molar-refractivity contribution in [3.63, 3.8) is 0 Å². The maximum atomic E-state index is 11.9. The van der Waals surface area contributed by atoms with E-state index in [2.05, 4.69) is 10.3 Å². The number of aromatic nitrogens is 1. The van der Waals surface area contributed by atoms with E-state index >= 15 is 0 Å². The van der Waals surface area contributed by atoms with E-state index in [9.17, 15) is 9.90 Å². The minimum absolute atomic E-state index is 0.299.